The third-order valence-electron chi connectivity index (χ3n) is 3.28. The molecule has 0 amide bonds. The first-order chi connectivity index (χ1) is 9.06. The Morgan fingerprint density at radius 2 is 1.95 bits per heavy atom. The summed E-state index contributed by atoms with van der Waals surface area (Å²) in [5, 5.41) is 7.20. The van der Waals surface area contributed by atoms with Crippen LogP contribution in [0.25, 0.3) is 0 Å². The maximum Gasteiger partial charge on any atom is 0.172 e. The number of hydrogen-bond acceptors (Lipinski definition) is 2. The van der Waals surface area contributed by atoms with Gasteiger partial charge in [0.2, 0.25) is 0 Å². The van der Waals surface area contributed by atoms with Gasteiger partial charge in [-0.1, -0.05) is 19.3 Å². The summed E-state index contributed by atoms with van der Waals surface area (Å²) >= 11 is 12.3. The van der Waals surface area contributed by atoms with Crippen LogP contribution in [0.3, 0.4) is 0 Å². The molecule has 1 fully saturated rings. The predicted molar refractivity (Wildman–Crippen MR) is 90.6 cm³/mol. The van der Waals surface area contributed by atoms with Crippen LogP contribution in [0.15, 0.2) is 15.0 Å². The van der Waals surface area contributed by atoms with Crippen molar-refractivity contribution >= 4 is 55.0 Å². The number of thiocarbonyl (C=S) groups is 1. The lowest BCUT2D eigenvalue weighted by Crippen LogP contribution is -2.39. The average molecular weight is 407 g/mol. The first-order valence-electron chi connectivity index (χ1n) is 6.46. The quantitative estimate of drug-likeness (QED) is 0.707. The monoisotopic (exact) mass is 405 g/mol. The minimum atomic E-state index is 0.504. The normalized spacial score (nSPS) is 16.2. The van der Waals surface area contributed by atoms with Crippen molar-refractivity contribution in [3.8, 4) is 0 Å². The van der Waals surface area contributed by atoms with E-state index in [9.17, 15) is 0 Å². The van der Waals surface area contributed by atoms with E-state index in [2.05, 4.69) is 47.5 Å². The Morgan fingerprint density at radius 3 is 2.63 bits per heavy atom. The molecule has 0 unspecified atom stereocenters. The fourth-order valence-electron chi connectivity index (χ4n) is 2.22. The van der Waals surface area contributed by atoms with Crippen LogP contribution in [-0.4, -0.2) is 16.1 Å². The van der Waals surface area contributed by atoms with Gasteiger partial charge in [-0.15, -0.1) is 0 Å². The Hall–Kier alpha value is -0.200. The number of halogens is 2. The van der Waals surface area contributed by atoms with Crippen molar-refractivity contribution in [3.05, 3.63) is 20.7 Å². The van der Waals surface area contributed by atoms with Crippen molar-refractivity contribution in [2.45, 2.75) is 45.1 Å². The van der Waals surface area contributed by atoms with Crippen LogP contribution in [-0.2, 0) is 0 Å². The van der Waals surface area contributed by atoms with Gasteiger partial charge in [0.25, 0.3) is 0 Å². The highest BCUT2D eigenvalue weighted by molar-refractivity contribution is 9.11. The second kappa shape index (κ2) is 6.99. The van der Waals surface area contributed by atoms with Gasteiger partial charge in [-0.05, 0) is 69.9 Å². The van der Waals surface area contributed by atoms with E-state index in [1.165, 1.54) is 32.1 Å². The lowest BCUT2D eigenvalue weighted by atomic mass is 9.96. The summed E-state index contributed by atoms with van der Waals surface area (Å²) in [5.41, 5.74) is 0.936. The number of aryl methyl sites for hydroxylation is 1. The van der Waals surface area contributed by atoms with Crippen molar-refractivity contribution < 1.29 is 0 Å². The van der Waals surface area contributed by atoms with Gasteiger partial charge < -0.3 is 10.6 Å². The zero-order valence-corrected chi connectivity index (χ0v) is 14.8. The van der Waals surface area contributed by atoms with E-state index in [1.807, 2.05) is 13.0 Å². The number of hydrogen-bond donors (Lipinski definition) is 2. The molecule has 1 aliphatic rings. The molecule has 0 radical (unpaired) electrons. The van der Waals surface area contributed by atoms with Crippen LogP contribution >= 0.6 is 44.1 Å². The molecular formula is C13H17Br2N3S. The van der Waals surface area contributed by atoms with Crippen LogP contribution in [0.2, 0.25) is 0 Å². The van der Waals surface area contributed by atoms with E-state index in [1.54, 1.807) is 0 Å². The summed E-state index contributed by atoms with van der Waals surface area (Å²) in [5.74, 6) is 0.758. The van der Waals surface area contributed by atoms with Gasteiger partial charge in [-0.25, -0.2) is 4.98 Å². The Balaban J connectivity index is 1.96. The van der Waals surface area contributed by atoms with Gasteiger partial charge in [0.1, 0.15) is 5.82 Å². The number of nitrogens with zero attached hydrogens (tertiary/aromatic N) is 1. The largest absolute Gasteiger partial charge is 0.360 e. The van der Waals surface area contributed by atoms with Gasteiger partial charge in [0, 0.05) is 10.5 Å². The van der Waals surface area contributed by atoms with E-state index in [0.29, 0.717) is 11.2 Å². The minimum absolute atomic E-state index is 0.504. The fourth-order valence-corrected chi connectivity index (χ4v) is 3.53. The zero-order valence-electron chi connectivity index (χ0n) is 10.8. The zero-order chi connectivity index (χ0) is 13.8. The molecule has 6 heteroatoms. The van der Waals surface area contributed by atoms with Crippen LogP contribution in [0, 0.1) is 6.92 Å². The van der Waals surface area contributed by atoms with E-state index in [-0.39, 0.29) is 0 Å². The lowest BCUT2D eigenvalue weighted by molar-refractivity contribution is 0.415. The molecule has 0 aliphatic heterocycles. The summed E-state index contributed by atoms with van der Waals surface area (Å²) in [6.07, 6.45) is 6.34. The van der Waals surface area contributed by atoms with Gasteiger partial charge >= 0.3 is 0 Å². The minimum Gasteiger partial charge on any atom is -0.360 e. The molecule has 104 valence electrons. The third-order valence-corrected chi connectivity index (χ3v) is 4.90. The molecule has 1 aromatic heterocycles. The summed E-state index contributed by atoms with van der Waals surface area (Å²) in [4.78, 5) is 4.47. The number of anilines is 1. The number of aromatic nitrogens is 1. The third kappa shape index (κ3) is 4.39. The van der Waals surface area contributed by atoms with Crippen LogP contribution in [0.5, 0.6) is 0 Å². The van der Waals surface area contributed by atoms with Crippen molar-refractivity contribution in [3.63, 3.8) is 0 Å². The van der Waals surface area contributed by atoms with Crippen LogP contribution in [0.1, 0.15) is 37.8 Å². The molecule has 1 aliphatic carbocycles. The van der Waals surface area contributed by atoms with Gasteiger partial charge in [0.05, 0.1) is 10.2 Å². The smallest absolute Gasteiger partial charge is 0.172 e. The molecule has 3 nitrogen and oxygen atoms in total. The van der Waals surface area contributed by atoms with Crippen LogP contribution < -0.4 is 10.6 Å². The topological polar surface area (TPSA) is 37.0 Å². The highest BCUT2D eigenvalue weighted by atomic mass is 79.9. The highest BCUT2D eigenvalue weighted by Crippen LogP contribution is 2.26. The Bertz CT molecular complexity index is 473. The van der Waals surface area contributed by atoms with Crippen molar-refractivity contribution in [1.29, 1.82) is 0 Å². The number of rotatable bonds is 2. The lowest BCUT2D eigenvalue weighted by Gasteiger charge is -2.24. The van der Waals surface area contributed by atoms with Gasteiger partial charge in [-0.3, -0.25) is 0 Å². The molecule has 0 bridgehead atoms. The van der Waals surface area contributed by atoms with Crippen molar-refractivity contribution in [2.24, 2.45) is 0 Å². The van der Waals surface area contributed by atoms with Crippen molar-refractivity contribution in [2.75, 3.05) is 5.32 Å². The molecule has 0 saturated heterocycles. The molecule has 2 rings (SSSR count). The predicted octanol–water partition coefficient (Wildman–Crippen LogP) is 4.53. The van der Waals surface area contributed by atoms with E-state index in [4.69, 9.17) is 12.2 Å². The second-order valence-electron chi connectivity index (χ2n) is 4.82. The second-order valence-corrected chi connectivity index (χ2v) is 6.94. The Labute approximate surface area is 136 Å². The molecule has 0 atom stereocenters. The molecule has 0 spiro atoms. The fraction of sp³-hybridized carbons (Fsp3) is 0.538. The SMILES string of the molecule is Cc1nc(NC(=S)NC2CCCCC2)c(Br)cc1Br. The van der Waals surface area contributed by atoms with Gasteiger partial charge in [-0.2, -0.15) is 0 Å². The Kier molecular flexibility index (Phi) is 5.59. The first-order valence-corrected chi connectivity index (χ1v) is 8.46. The number of nitrogens with one attached hydrogen (secondary N) is 2. The summed E-state index contributed by atoms with van der Waals surface area (Å²) in [7, 11) is 0. The molecule has 2 N–H and O–H groups in total. The van der Waals surface area contributed by atoms with E-state index < -0.39 is 0 Å². The van der Waals surface area contributed by atoms with Gasteiger partial charge in [0.15, 0.2) is 5.11 Å². The van der Waals surface area contributed by atoms with E-state index >= 15 is 0 Å². The van der Waals surface area contributed by atoms with Crippen molar-refractivity contribution in [1.82, 2.24) is 10.3 Å². The number of pyridine rings is 1. The summed E-state index contributed by atoms with van der Waals surface area (Å²) < 4.78 is 1.88. The summed E-state index contributed by atoms with van der Waals surface area (Å²) in [6, 6.07) is 2.48. The molecule has 19 heavy (non-hydrogen) atoms. The standard InChI is InChI=1S/C13H17Br2N3S/c1-8-10(14)7-11(15)12(16-8)18-13(19)17-9-5-3-2-4-6-9/h7,9H,2-6H2,1H3,(H2,16,17,18,19). The Morgan fingerprint density at radius 1 is 1.26 bits per heavy atom. The first kappa shape index (κ1) is 15.2. The van der Waals surface area contributed by atoms with E-state index in [0.717, 1.165) is 20.5 Å². The highest BCUT2D eigenvalue weighted by Gasteiger charge is 2.15. The average Bonchev–Trinajstić information content (AvgIpc) is 2.37. The van der Waals surface area contributed by atoms with Crippen LogP contribution in [0.4, 0.5) is 5.82 Å². The maximum atomic E-state index is 5.36. The molecule has 1 heterocycles. The molecule has 1 saturated carbocycles. The molecular weight excluding hydrogens is 390 g/mol. The maximum absolute atomic E-state index is 5.36. The molecule has 1 aromatic rings. The summed E-state index contributed by atoms with van der Waals surface area (Å²) in [6.45, 7) is 1.96. The molecule has 0 aromatic carbocycles.